The van der Waals surface area contributed by atoms with Crippen LogP contribution in [0, 0.1) is 0 Å². The Hall–Kier alpha value is -3.94. The van der Waals surface area contributed by atoms with E-state index < -0.39 is 11.1 Å². The molecule has 8 heteroatoms. The van der Waals surface area contributed by atoms with Crippen LogP contribution in [0.25, 0.3) is 12.2 Å². The molecule has 0 saturated carbocycles. The minimum Gasteiger partial charge on any atom is -0.504 e. The molecule has 0 aliphatic rings. The lowest BCUT2D eigenvalue weighted by Gasteiger charge is -2.06. The number of phenolic OH excluding ortho intramolecular Hbond substituents is 4. The van der Waals surface area contributed by atoms with Gasteiger partial charge in [-0.15, -0.1) is 0 Å². The van der Waals surface area contributed by atoms with Crippen molar-refractivity contribution in [2.24, 2.45) is 14.1 Å². The normalized spacial score (nSPS) is 12.5. The Morgan fingerprint density at radius 1 is 0.643 bits per heavy atom. The van der Waals surface area contributed by atoms with E-state index in [9.17, 15) is 30.0 Å². The van der Waals surface area contributed by atoms with Gasteiger partial charge in [0.1, 0.15) is 10.7 Å². The topological polar surface area (TPSA) is 125 Å². The van der Waals surface area contributed by atoms with E-state index in [0.29, 0.717) is 11.1 Å². The fourth-order valence-electron chi connectivity index (χ4n) is 2.74. The molecule has 0 atom stereocenters. The summed E-state index contributed by atoms with van der Waals surface area (Å²) in [4.78, 5) is 25.6. The van der Waals surface area contributed by atoms with E-state index in [1.54, 1.807) is 0 Å². The van der Waals surface area contributed by atoms with Gasteiger partial charge in [-0.05, 0) is 47.5 Å². The average molecular weight is 382 g/mol. The van der Waals surface area contributed by atoms with Crippen LogP contribution in [-0.2, 0) is 14.1 Å². The van der Waals surface area contributed by atoms with Gasteiger partial charge in [-0.2, -0.15) is 0 Å². The lowest BCUT2D eigenvalue weighted by Crippen LogP contribution is -2.56. The van der Waals surface area contributed by atoms with Gasteiger partial charge in [-0.3, -0.25) is 9.59 Å². The Bertz CT molecular complexity index is 1210. The highest BCUT2D eigenvalue weighted by Crippen LogP contribution is 2.25. The van der Waals surface area contributed by atoms with E-state index in [0.717, 1.165) is 0 Å². The summed E-state index contributed by atoms with van der Waals surface area (Å²) in [5, 5.41) is 38.2. The highest BCUT2D eigenvalue weighted by molar-refractivity contribution is 5.55. The zero-order valence-corrected chi connectivity index (χ0v) is 15.1. The molecule has 0 aliphatic carbocycles. The Morgan fingerprint density at radius 2 is 1.00 bits per heavy atom. The number of benzene rings is 2. The molecule has 0 saturated heterocycles. The van der Waals surface area contributed by atoms with Gasteiger partial charge >= 0.3 is 0 Å². The summed E-state index contributed by atoms with van der Waals surface area (Å²) >= 11 is 0. The van der Waals surface area contributed by atoms with Crippen molar-refractivity contribution < 1.29 is 20.4 Å². The number of phenols is 4. The highest BCUT2D eigenvalue weighted by Gasteiger charge is 2.07. The van der Waals surface area contributed by atoms with Crippen LogP contribution in [0.2, 0.25) is 0 Å². The number of hydrogen-bond donors (Lipinski definition) is 4. The van der Waals surface area contributed by atoms with Crippen molar-refractivity contribution in [2.45, 2.75) is 0 Å². The predicted molar refractivity (Wildman–Crippen MR) is 103 cm³/mol. The van der Waals surface area contributed by atoms with Gasteiger partial charge in [0.2, 0.25) is 0 Å². The second-order valence-corrected chi connectivity index (χ2v) is 6.28. The van der Waals surface area contributed by atoms with E-state index >= 15 is 0 Å². The maximum absolute atomic E-state index is 12.8. The maximum Gasteiger partial charge on any atom is 0.274 e. The van der Waals surface area contributed by atoms with Crippen molar-refractivity contribution in [3.63, 3.8) is 0 Å². The van der Waals surface area contributed by atoms with Gasteiger partial charge < -0.3 is 29.6 Å². The van der Waals surface area contributed by atoms with Gasteiger partial charge in [0, 0.05) is 14.1 Å². The van der Waals surface area contributed by atoms with Crippen molar-refractivity contribution in [3.8, 4) is 23.0 Å². The molecule has 2 aromatic carbocycles. The van der Waals surface area contributed by atoms with Crippen molar-refractivity contribution in [1.82, 2.24) is 9.13 Å². The van der Waals surface area contributed by atoms with E-state index in [-0.39, 0.29) is 33.7 Å². The molecule has 0 amide bonds. The van der Waals surface area contributed by atoms with Crippen LogP contribution < -0.4 is 21.8 Å². The first-order valence-corrected chi connectivity index (χ1v) is 8.22. The van der Waals surface area contributed by atoms with Gasteiger partial charge in [-0.25, -0.2) is 0 Å². The molecule has 8 nitrogen and oxygen atoms in total. The fraction of sp³-hybridized carbons (Fsp3) is 0.100. The number of nitrogens with zero attached hydrogens (tertiary/aromatic N) is 2. The van der Waals surface area contributed by atoms with Crippen LogP contribution in [-0.4, -0.2) is 29.6 Å². The maximum atomic E-state index is 12.8. The summed E-state index contributed by atoms with van der Waals surface area (Å²) in [6, 6.07) is 8.11. The highest BCUT2D eigenvalue weighted by atomic mass is 16.3. The van der Waals surface area contributed by atoms with Gasteiger partial charge in [0.25, 0.3) is 11.1 Å². The molecule has 3 aromatic rings. The minimum atomic E-state index is -0.455. The van der Waals surface area contributed by atoms with Crippen LogP contribution in [0.5, 0.6) is 23.0 Å². The van der Waals surface area contributed by atoms with E-state index in [1.165, 1.54) is 71.8 Å². The van der Waals surface area contributed by atoms with Crippen molar-refractivity contribution >= 4 is 12.2 Å². The third-order valence-corrected chi connectivity index (χ3v) is 4.38. The molecule has 4 N–H and O–H groups in total. The van der Waals surface area contributed by atoms with Crippen molar-refractivity contribution in [3.05, 3.63) is 78.9 Å². The van der Waals surface area contributed by atoms with E-state index in [4.69, 9.17) is 0 Å². The first-order valence-electron chi connectivity index (χ1n) is 8.22. The number of aromatic nitrogens is 2. The molecule has 0 aliphatic heterocycles. The van der Waals surface area contributed by atoms with Gasteiger partial charge in [-0.1, -0.05) is 12.1 Å². The standard InChI is InChI=1S/C20H18N2O6/c1-21-13(7-11-3-5-15(23)17(25)9-11)20(28)22(2)14(19(21)27)8-12-4-6-16(24)18(26)10-12/h3-10,23-26H,1-2H3/b13-7+,14-8+. The largest absolute Gasteiger partial charge is 0.504 e. The number of rotatable bonds is 2. The minimum absolute atomic E-state index is 0.0864. The molecular formula is C20H18N2O6. The predicted octanol–water partition coefficient (Wildman–Crippen LogP) is -0.436. The smallest absolute Gasteiger partial charge is 0.274 e. The van der Waals surface area contributed by atoms with Crippen LogP contribution in [0.3, 0.4) is 0 Å². The lowest BCUT2D eigenvalue weighted by atomic mass is 10.2. The summed E-state index contributed by atoms with van der Waals surface area (Å²) in [7, 11) is 2.89. The quantitative estimate of drug-likeness (QED) is 0.446. The molecular weight excluding hydrogens is 364 g/mol. The molecule has 0 bridgehead atoms. The third-order valence-electron chi connectivity index (χ3n) is 4.38. The van der Waals surface area contributed by atoms with E-state index in [2.05, 4.69) is 0 Å². The van der Waals surface area contributed by atoms with Crippen LogP contribution in [0.1, 0.15) is 11.1 Å². The number of aromatic hydroxyl groups is 4. The summed E-state index contributed by atoms with van der Waals surface area (Å²) in [5.74, 6) is -1.26. The Morgan fingerprint density at radius 3 is 1.32 bits per heavy atom. The molecule has 28 heavy (non-hydrogen) atoms. The molecule has 144 valence electrons. The Labute approximate surface area is 158 Å². The Balaban J connectivity index is 2.28. The summed E-state index contributed by atoms with van der Waals surface area (Å²) in [6.45, 7) is 0. The first-order chi connectivity index (χ1) is 13.2. The fourth-order valence-corrected chi connectivity index (χ4v) is 2.74. The molecule has 1 aromatic heterocycles. The van der Waals surface area contributed by atoms with Crippen molar-refractivity contribution in [1.29, 1.82) is 0 Å². The van der Waals surface area contributed by atoms with Crippen LogP contribution in [0.4, 0.5) is 0 Å². The zero-order valence-electron chi connectivity index (χ0n) is 15.1. The van der Waals surface area contributed by atoms with Crippen LogP contribution >= 0.6 is 0 Å². The van der Waals surface area contributed by atoms with Crippen molar-refractivity contribution in [2.75, 3.05) is 0 Å². The monoisotopic (exact) mass is 382 g/mol. The second-order valence-electron chi connectivity index (χ2n) is 6.28. The molecule has 3 rings (SSSR count). The molecule has 0 fully saturated rings. The molecule has 1 heterocycles. The summed E-state index contributed by atoms with van der Waals surface area (Å²) < 4.78 is 2.36. The first kappa shape index (κ1) is 18.8. The lowest BCUT2D eigenvalue weighted by molar-refractivity contribution is 0.403. The average Bonchev–Trinajstić information content (AvgIpc) is 2.66. The van der Waals surface area contributed by atoms with Crippen LogP contribution in [0.15, 0.2) is 46.0 Å². The summed E-state index contributed by atoms with van der Waals surface area (Å²) in [5.41, 5.74) is -0.0435. The number of hydrogen-bond acceptors (Lipinski definition) is 6. The SMILES string of the molecule is Cn1c(=O)/c(=C\c2ccc(O)c(O)c2)n(C)c(=O)/c1=C\c1ccc(O)c(O)c1. The Kier molecular flexibility index (Phi) is 4.70. The van der Waals surface area contributed by atoms with E-state index in [1.807, 2.05) is 0 Å². The summed E-state index contributed by atoms with van der Waals surface area (Å²) in [6.07, 6.45) is 2.86. The molecule has 0 radical (unpaired) electrons. The van der Waals surface area contributed by atoms with Gasteiger partial charge in [0.05, 0.1) is 0 Å². The zero-order chi connectivity index (χ0) is 20.6. The molecule has 0 unspecified atom stereocenters. The molecule has 0 spiro atoms. The second kappa shape index (κ2) is 6.99. The van der Waals surface area contributed by atoms with Gasteiger partial charge in [0.15, 0.2) is 23.0 Å². The third kappa shape index (κ3) is 3.35.